The van der Waals surface area contributed by atoms with Gasteiger partial charge in [0.25, 0.3) is 16.1 Å². The molecule has 0 radical (unpaired) electrons. The molecule has 27 heavy (non-hydrogen) atoms. The Morgan fingerprint density at radius 1 is 1.22 bits per heavy atom. The third-order valence-electron chi connectivity index (χ3n) is 5.48. The van der Waals surface area contributed by atoms with E-state index in [1.165, 1.54) is 22.5 Å². The highest BCUT2D eigenvalue weighted by Crippen LogP contribution is 2.64. The van der Waals surface area contributed by atoms with Crippen molar-refractivity contribution in [3.05, 3.63) is 35.7 Å². The molecule has 2 aromatic rings. The molecule has 1 aliphatic heterocycles. The molecule has 1 atom stereocenters. The third kappa shape index (κ3) is 3.34. The minimum Gasteiger partial charge on any atom is -0.334 e. The van der Waals surface area contributed by atoms with Crippen molar-refractivity contribution in [1.29, 1.82) is 0 Å². The number of alkyl halides is 3. The van der Waals surface area contributed by atoms with E-state index in [0.717, 1.165) is 12.5 Å². The van der Waals surface area contributed by atoms with Gasteiger partial charge in [0.2, 0.25) is 0 Å². The van der Waals surface area contributed by atoms with Gasteiger partial charge in [0, 0.05) is 19.0 Å². The minimum absolute atomic E-state index is 0.0457. The highest BCUT2D eigenvalue weighted by molar-refractivity contribution is 7.86. The fourth-order valence-corrected chi connectivity index (χ4v) is 4.55. The maximum Gasteiger partial charge on any atom is 0.417 e. The second-order valence-electron chi connectivity index (χ2n) is 7.06. The highest BCUT2D eigenvalue weighted by atomic mass is 32.2. The topological polar surface area (TPSA) is 102 Å². The molecule has 2 fully saturated rings. The number of nitrogens with two attached hydrogens (primary N) is 1. The molecule has 2 aliphatic rings. The van der Waals surface area contributed by atoms with Crippen molar-refractivity contribution in [2.45, 2.75) is 31.4 Å². The lowest BCUT2D eigenvalue weighted by Crippen LogP contribution is -2.43. The number of hydrogen-bond acceptors (Lipinski definition) is 5. The number of halogens is 3. The smallest absolute Gasteiger partial charge is 0.334 e. The predicted octanol–water partition coefficient (Wildman–Crippen LogP) is 2.53. The molecule has 7 nitrogen and oxygen atoms in total. The molecular weight excluding hydrogens is 385 g/mol. The molecule has 0 amide bonds. The van der Waals surface area contributed by atoms with Crippen LogP contribution in [0.25, 0.3) is 11.5 Å². The van der Waals surface area contributed by atoms with Crippen molar-refractivity contribution < 1.29 is 26.1 Å². The zero-order chi connectivity index (χ0) is 19.4. The van der Waals surface area contributed by atoms with Crippen molar-refractivity contribution >= 4 is 10.2 Å². The lowest BCUT2D eigenvalue weighted by atomic mass is 9.92. The first-order chi connectivity index (χ1) is 12.6. The first-order valence-electron chi connectivity index (χ1n) is 8.38. The first-order valence-corrected chi connectivity index (χ1v) is 9.89. The standard InChI is InChI=1S/C16H17F3N4O3S/c17-16(18,19)11-4-2-1-3-10(11)14-21-13(22-26-14)12-9-15(12)5-7-23(8-6-15)27(20,24)25/h1-4,12H,5-9H2,(H2,20,24,25)/t12-/m0/s1. The summed E-state index contributed by atoms with van der Waals surface area (Å²) in [6.45, 7) is 0.633. The second kappa shape index (κ2) is 6.01. The van der Waals surface area contributed by atoms with Gasteiger partial charge in [0.05, 0.1) is 11.1 Å². The molecule has 1 spiro atoms. The number of piperidine rings is 1. The summed E-state index contributed by atoms with van der Waals surface area (Å²) in [6, 6.07) is 5.06. The molecule has 1 aromatic carbocycles. The van der Waals surface area contributed by atoms with Crippen LogP contribution in [0.5, 0.6) is 0 Å². The minimum atomic E-state index is -4.52. The van der Waals surface area contributed by atoms with E-state index in [4.69, 9.17) is 9.66 Å². The number of nitrogens with zero attached hydrogens (tertiary/aromatic N) is 3. The molecule has 0 bridgehead atoms. The van der Waals surface area contributed by atoms with Crippen LogP contribution in [0.3, 0.4) is 0 Å². The Morgan fingerprint density at radius 2 is 1.89 bits per heavy atom. The first kappa shape index (κ1) is 18.4. The summed E-state index contributed by atoms with van der Waals surface area (Å²) in [5.74, 6) is 0.156. The van der Waals surface area contributed by atoms with Gasteiger partial charge in [-0.05, 0) is 36.8 Å². The van der Waals surface area contributed by atoms with Gasteiger partial charge < -0.3 is 4.52 Å². The molecule has 4 rings (SSSR count). The van der Waals surface area contributed by atoms with Crippen molar-refractivity contribution in [1.82, 2.24) is 14.4 Å². The van der Waals surface area contributed by atoms with E-state index in [2.05, 4.69) is 10.1 Å². The zero-order valence-corrected chi connectivity index (χ0v) is 14.9. The van der Waals surface area contributed by atoms with Gasteiger partial charge in [0.1, 0.15) is 0 Å². The van der Waals surface area contributed by atoms with Crippen LogP contribution in [-0.4, -0.2) is 36.0 Å². The van der Waals surface area contributed by atoms with Gasteiger partial charge in [-0.1, -0.05) is 17.3 Å². The molecule has 1 aliphatic carbocycles. The quantitative estimate of drug-likeness (QED) is 0.850. The van der Waals surface area contributed by atoms with Gasteiger partial charge in [-0.2, -0.15) is 30.9 Å². The van der Waals surface area contributed by atoms with Crippen LogP contribution < -0.4 is 5.14 Å². The number of benzene rings is 1. The number of aromatic nitrogens is 2. The van der Waals surface area contributed by atoms with E-state index in [9.17, 15) is 21.6 Å². The summed E-state index contributed by atoms with van der Waals surface area (Å²) in [6.07, 6.45) is -2.55. The van der Waals surface area contributed by atoms with Crippen LogP contribution in [-0.2, 0) is 16.4 Å². The van der Waals surface area contributed by atoms with E-state index in [1.807, 2.05) is 0 Å². The SMILES string of the molecule is NS(=O)(=O)N1CCC2(CC1)C[C@H]2c1noc(-c2ccccc2C(F)(F)F)n1. The average molecular weight is 402 g/mol. The fraction of sp³-hybridized carbons (Fsp3) is 0.500. The summed E-state index contributed by atoms with van der Waals surface area (Å²) in [5, 5.41) is 9.03. The van der Waals surface area contributed by atoms with Crippen molar-refractivity contribution in [3.63, 3.8) is 0 Å². The third-order valence-corrected chi connectivity index (χ3v) is 6.57. The van der Waals surface area contributed by atoms with Crippen LogP contribution in [0.4, 0.5) is 13.2 Å². The van der Waals surface area contributed by atoms with Crippen LogP contribution in [0.15, 0.2) is 28.8 Å². The summed E-state index contributed by atoms with van der Waals surface area (Å²) < 4.78 is 68.7. The Hall–Kier alpha value is -1.98. The molecule has 1 saturated carbocycles. The zero-order valence-electron chi connectivity index (χ0n) is 14.1. The summed E-state index contributed by atoms with van der Waals surface area (Å²) in [5.41, 5.74) is -1.11. The van der Waals surface area contributed by atoms with Gasteiger partial charge in [0.15, 0.2) is 5.82 Å². The molecule has 146 valence electrons. The van der Waals surface area contributed by atoms with E-state index < -0.39 is 21.9 Å². The van der Waals surface area contributed by atoms with Crippen molar-refractivity contribution in [3.8, 4) is 11.5 Å². The van der Waals surface area contributed by atoms with E-state index in [0.29, 0.717) is 31.8 Å². The molecular formula is C16H17F3N4O3S. The summed E-state index contributed by atoms with van der Waals surface area (Å²) in [7, 11) is -3.70. The lowest BCUT2D eigenvalue weighted by Gasteiger charge is -2.30. The van der Waals surface area contributed by atoms with E-state index in [-0.39, 0.29) is 22.8 Å². The Kier molecular flexibility index (Phi) is 4.09. The lowest BCUT2D eigenvalue weighted by molar-refractivity contribution is -0.137. The molecule has 2 heterocycles. The molecule has 1 aromatic heterocycles. The van der Waals surface area contributed by atoms with Gasteiger partial charge in [-0.3, -0.25) is 0 Å². The summed E-state index contributed by atoms with van der Waals surface area (Å²) in [4.78, 5) is 4.20. The van der Waals surface area contributed by atoms with Gasteiger partial charge in [-0.15, -0.1) is 0 Å². The van der Waals surface area contributed by atoms with E-state index in [1.54, 1.807) is 0 Å². The fourth-order valence-electron chi connectivity index (χ4n) is 3.85. The normalized spacial score (nSPS) is 22.9. The molecule has 2 N–H and O–H groups in total. The largest absolute Gasteiger partial charge is 0.417 e. The van der Waals surface area contributed by atoms with Crippen molar-refractivity contribution in [2.75, 3.05) is 13.1 Å². The Labute approximate surface area is 153 Å². The maximum atomic E-state index is 13.2. The van der Waals surface area contributed by atoms with E-state index >= 15 is 0 Å². The molecule has 11 heteroatoms. The Morgan fingerprint density at radius 3 is 2.52 bits per heavy atom. The highest BCUT2D eigenvalue weighted by Gasteiger charge is 2.58. The monoisotopic (exact) mass is 402 g/mol. The summed E-state index contributed by atoms with van der Waals surface area (Å²) >= 11 is 0. The number of hydrogen-bond donors (Lipinski definition) is 1. The van der Waals surface area contributed by atoms with Crippen LogP contribution >= 0.6 is 0 Å². The van der Waals surface area contributed by atoms with Crippen LogP contribution in [0, 0.1) is 5.41 Å². The van der Waals surface area contributed by atoms with Crippen LogP contribution in [0.1, 0.15) is 36.6 Å². The van der Waals surface area contributed by atoms with Crippen molar-refractivity contribution in [2.24, 2.45) is 10.6 Å². The maximum absolute atomic E-state index is 13.2. The Bertz CT molecular complexity index is 965. The van der Waals surface area contributed by atoms with Gasteiger partial charge in [-0.25, -0.2) is 5.14 Å². The van der Waals surface area contributed by atoms with Gasteiger partial charge >= 0.3 is 6.18 Å². The number of rotatable bonds is 3. The molecule has 0 unspecified atom stereocenters. The Balaban J connectivity index is 1.53. The predicted molar refractivity (Wildman–Crippen MR) is 88.4 cm³/mol. The van der Waals surface area contributed by atoms with Crippen LogP contribution in [0.2, 0.25) is 0 Å². The average Bonchev–Trinajstić information content (AvgIpc) is 3.06. The molecule has 1 saturated heterocycles. The second-order valence-corrected chi connectivity index (χ2v) is 8.61.